The van der Waals surface area contributed by atoms with E-state index >= 15 is 0 Å². The van der Waals surface area contributed by atoms with Gasteiger partial charge in [-0.3, -0.25) is 4.79 Å². The van der Waals surface area contributed by atoms with Gasteiger partial charge >= 0.3 is 11.9 Å². The maximum absolute atomic E-state index is 12.5. The highest BCUT2D eigenvalue weighted by Gasteiger charge is 2.20. The van der Waals surface area contributed by atoms with Crippen LogP contribution in [0.2, 0.25) is 0 Å². The Balaban J connectivity index is 2.41. The third kappa shape index (κ3) is 3.45. The second-order valence-corrected chi connectivity index (χ2v) is 6.14. The molecular formula is C22H22O5. The van der Waals surface area contributed by atoms with Crippen molar-refractivity contribution in [1.82, 2.24) is 0 Å². The molecule has 27 heavy (non-hydrogen) atoms. The normalized spacial score (nSPS) is 10.8. The van der Waals surface area contributed by atoms with Crippen LogP contribution in [-0.4, -0.2) is 25.7 Å². The number of methoxy groups -OCH3 is 1. The Morgan fingerprint density at radius 1 is 1.00 bits per heavy atom. The van der Waals surface area contributed by atoms with Crippen LogP contribution in [-0.2, 0) is 16.0 Å². The van der Waals surface area contributed by atoms with Gasteiger partial charge in [0.25, 0.3) is 0 Å². The van der Waals surface area contributed by atoms with E-state index in [9.17, 15) is 9.59 Å². The highest BCUT2D eigenvalue weighted by molar-refractivity contribution is 6.14. The molecule has 0 bridgehead atoms. The smallest absolute Gasteiger partial charge is 0.338 e. The minimum Gasteiger partial charge on any atom is -0.497 e. The number of benzene rings is 3. The summed E-state index contributed by atoms with van der Waals surface area (Å²) in [5, 5.41) is 3.56. The predicted octanol–water partition coefficient (Wildman–Crippen LogP) is 4.67. The highest BCUT2D eigenvalue weighted by Crippen LogP contribution is 2.38. The Morgan fingerprint density at radius 3 is 2.37 bits per heavy atom. The van der Waals surface area contributed by atoms with Gasteiger partial charge in [-0.25, -0.2) is 4.79 Å². The van der Waals surface area contributed by atoms with Crippen molar-refractivity contribution in [3.8, 4) is 11.5 Å². The Hall–Kier alpha value is -3.08. The van der Waals surface area contributed by atoms with Gasteiger partial charge in [0.05, 0.1) is 19.3 Å². The van der Waals surface area contributed by atoms with Crippen LogP contribution in [0.5, 0.6) is 11.5 Å². The third-order valence-corrected chi connectivity index (χ3v) is 4.50. The Labute approximate surface area is 157 Å². The highest BCUT2D eigenvalue weighted by atomic mass is 16.5. The molecule has 0 saturated heterocycles. The molecule has 0 aliphatic carbocycles. The topological polar surface area (TPSA) is 61.8 Å². The predicted molar refractivity (Wildman–Crippen MR) is 105 cm³/mol. The average Bonchev–Trinajstić information content (AvgIpc) is 2.66. The van der Waals surface area contributed by atoms with Gasteiger partial charge in [0.2, 0.25) is 0 Å². The van der Waals surface area contributed by atoms with Gasteiger partial charge in [0, 0.05) is 12.3 Å². The molecule has 0 radical (unpaired) electrons. The summed E-state index contributed by atoms with van der Waals surface area (Å²) in [7, 11) is 1.62. The van der Waals surface area contributed by atoms with Gasteiger partial charge in [0.15, 0.2) is 0 Å². The van der Waals surface area contributed by atoms with Crippen LogP contribution in [0.3, 0.4) is 0 Å². The van der Waals surface area contributed by atoms with E-state index in [0.29, 0.717) is 17.7 Å². The molecular weight excluding hydrogens is 344 g/mol. The number of esters is 2. The zero-order valence-corrected chi connectivity index (χ0v) is 15.9. The van der Waals surface area contributed by atoms with Gasteiger partial charge in [0.1, 0.15) is 11.5 Å². The zero-order chi connectivity index (χ0) is 19.6. The minimum atomic E-state index is -0.444. The second kappa shape index (κ2) is 7.66. The van der Waals surface area contributed by atoms with E-state index in [1.165, 1.54) is 6.92 Å². The van der Waals surface area contributed by atoms with Crippen molar-refractivity contribution < 1.29 is 23.8 Å². The zero-order valence-electron chi connectivity index (χ0n) is 15.9. The van der Waals surface area contributed by atoms with Crippen molar-refractivity contribution in [2.75, 3.05) is 13.7 Å². The largest absolute Gasteiger partial charge is 0.497 e. The molecule has 0 aliphatic rings. The van der Waals surface area contributed by atoms with Crippen LogP contribution in [0.1, 0.15) is 36.7 Å². The number of carbonyl (C=O) groups is 2. The van der Waals surface area contributed by atoms with E-state index in [-0.39, 0.29) is 6.61 Å². The van der Waals surface area contributed by atoms with Crippen molar-refractivity contribution in [2.45, 2.75) is 27.2 Å². The SMILES string of the molecule is CCOC(=O)c1cc(OC(C)=O)c2c(ccc3cc(OC)ccc32)c1CC. The maximum atomic E-state index is 12.5. The Morgan fingerprint density at radius 2 is 1.74 bits per heavy atom. The summed E-state index contributed by atoms with van der Waals surface area (Å²) in [5.74, 6) is 0.239. The average molecular weight is 366 g/mol. The first-order valence-electron chi connectivity index (χ1n) is 8.92. The van der Waals surface area contributed by atoms with E-state index < -0.39 is 11.9 Å². The molecule has 0 spiro atoms. The summed E-state index contributed by atoms with van der Waals surface area (Å²) in [4.78, 5) is 24.2. The van der Waals surface area contributed by atoms with E-state index in [2.05, 4.69) is 0 Å². The van der Waals surface area contributed by atoms with Crippen LogP contribution in [0, 0.1) is 0 Å². The number of hydrogen-bond acceptors (Lipinski definition) is 5. The van der Waals surface area contributed by atoms with E-state index in [0.717, 1.165) is 32.9 Å². The first kappa shape index (κ1) is 18.7. The molecule has 5 nitrogen and oxygen atoms in total. The molecule has 140 valence electrons. The lowest BCUT2D eigenvalue weighted by Crippen LogP contribution is -2.10. The van der Waals surface area contributed by atoms with E-state index in [4.69, 9.17) is 14.2 Å². The monoisotopic (exact) mass is 366 g/mol. The summed E-state index contributed by atoms with van der Waals surface area (Å²) in [5.41, 5.74) is 1.30. The number of ether oxygens (including phenoxy) is 3. The number of carbonyl (C=O) groups excluding carboxylic acids is 2. The number of fused-ring (bicyclic) bond motifs is 3. The van der Waals surface area contributed by atoms with Crippen LogP contribution in [0.15, 0.2) is 36.4 Å². The van der Waals surface area contributed by atoms with Crippen molar-refractivity contribution in [2.24, 2.45) is 0 Å². The fourth-order valence-corrected chi connectivity index (χ4v) is 3.39. The summed E-state index contributed by atoms with van der Waals surface area (Å²) < 4.78 is 16.0. The molecule has 0 aliphatic heterocycles. The fourth-order valence-electron chi connectivity index (χ4n) is 3.39. The van der Waals surface area contributed by atoms with Crippen molar-refractivity contribution in [3.05, 3.63) is 47.5 Å². The van der Waals surface area contributed by atoms with E-state index in [1.54, 1.807) is 20.1 Å². The molecule has 3 rings (SSSR count). The molecule has 0 saturated carbocycles. The molecule has 0 fully saturated rings. The lowest BCUT2D eigenvalue weighted by atomic mass is 9.92. The number of hydrogen-bond donors (Lipinski definition) is 0. The molecule has 0 unspecified atom stereocenters. The van der Waals surface area contributed by atoms with Crippen molar-refractivity contribution in [1.29, 1.82) is 0 Å². The second-order valence-electron chi connectivity index (χ2n) is 6.14. The molecule has 0 heterocycles. The Bertz CT molecular complexity index is 1040. The van der Waals surface area contributed by atoms with E-state index in [1.807, 2.05) is 37.3 Å². The van der Waals surface area contributed by atoms with Gasteiger partial charge in [-0.2, -0.15) is 0 Å². The minimum absolute atomic E-state index is 0.278. The third-order valence-electron chi connectivity index (χ3n) is 4.50. The van der Waals surface area contributed by atoms with Crippen molar-refractivity contribution in [3.63, 3.8) is 0 Å². The van der Waals surface area contributed by atoms with Crippen LogP contribution < -0.4 is 9.47 Å². The lowest BCUT2D eigenvalue weighted by Gasteiger charge is -2.16. The number of aryl methyl sites for hydroxylation is 1. The van der Waals surface area contributed by atoms with Crippen LogP contribution in [0.4, 0.5) is 0 Å². The quantitative estimate of drug-likeness (QED) is 0.373. The fraction of sp³-hybridized carbons (Fsp3) is 0.273. The van der Waals surface area contributed by atoms with Gasteiger partial charge in [-0.05, 0) is 59.3 Å². The van der Waals surface area contributed by atoms with Gasteiger partial charge in [-0.1, -0.05) is 19.1 Å². The van der Waals surface area contributed by atoms with Crippen LogP contribution in [0.25, 0.3) is 21.5 Å². The maximum Gasteiger partial charge on any atom is 0.338 e. The first-order chi connectivity index (χ1) is 13.0. The molecule has 3 aromatic rings. The first-order valence-corrected chi connectivity index (χ1v) is 8.92. The standard InChI is InChI=1S/C22H22O5/c1-5-16-18-9-7-14-11-15(25-4)8-10-17(14)21(18)20(27-13(3)23)12-19(16)22(24)26-6-2/h7-12H,5-6H2,1-4H3. The number of rotatable bonds is 5. The summed E-state index contributed by atoms with van der Waals surface area (Å²) in [6.45, 7) is 5.37. The van der Waals surface area contributed by atoms with Crippen LogP contribution >= 0.6 is 0 Å². The molecule has 0 amide bonds. The summed E-state index contributed by atoms with van der Waals surface area (Å²) in [6, 6.07) is 11.3. The van der Waals surface area contributed by atoms with Gasteiger partial charge in [-0.15, -0.1) is 0 Å². The molecule has 0 aromatic heterocycles. The summed E-state index contributed by atoms with van der Waals surface area (Å²) in [6.07, 6.45) is 0.645. The van der Waals surface area contributed by atoms with Gasteiger partial charge < -0.3 is 14.2 Å². The Kier molecular flexibility index (Phi) is 5.31. The lowest BCUT2D eigenvalue weighted by molar-refractivity contribution is -0.131. The molecule has 0 N–H and O–H groups in total. The molecule has 0 atom stereocenters. The van der Waals surface area contributed by atoms with Crippen molar-refractivity contribution >= 4 is 33.5 Å². The molecule has 5 heteroatoms. The summed E-state index contributed by atoms with van der Waals surface area (Å²) >= 11 is 0. The molecule has 3 aromatic carbocycles.